The molecule has 2 N–H and O–H groups in total. The van der Waals surface area contributed by atoms with Crippen LogP contribution in [0.15, 0.2) is 76.9 Å². The second-order valence-corrected chi connectivity index (χ2v) is 7.98. The third kappa shape index (κ3) is 5.34. The van der Waals surface area contributed by atoms with Crippen LogP contribution in [0.25, 0.3) is 0 Å². The number of anilines is 2. The minimum absolute atomic E-state index is 0.0451. The van der Waals surface area contributed by atoms with E-state index in [1.54, 1.807) is 43.5 Å². The Morgan fingerprint density at radius 3 is 2.48 bits per heavy atom. The summed E-state index contributed by atoms with van der Waals surface area (Å²) in [5.41, 5.74) is 3.62. The van der Waals surface area contributed by atoms with Crippen LogP contribution in [0, 0.1) is 10.1 Å². The molecule has 0 fully saturated rings. The molecule has 0 spiro atoms. The molecule has 0 unspecified atom stereocenters. The molecule has 3 aromatic rings. The van der Waals surface area contributed by atoms with Gasteiger partial charge in [0.1, 0.15) is 11.4 Å². The summed E-state index contributed by atoms with van der Waals surface area (Å²) in [5, 5.41) is 15.6. The van der Waals surface area contributed by atoms with E-state index >= 15 is 0 Å². The number of pyridine rings is 1. The molecule has 0 saturated carbocycles. The lowest BCUT2D eigenvalue weighted by Gasteiger charge is -2.10. The van der Waals surface area contributed by atoms with Crippen LogP contribution in [0.1, 0.15) is 12.6 Å². The smallest absolute Gasteiger partial charge is 0.295 e. The zero-order chi connectivity index (χ0) is 22.4. The standard InChI is InChI=1S/C20H19N5O5S/c1-14(18-5-3-4-12-21-18)22-23-19-11-10-17(13-20(19)25(26)27)31(28,29)24-15-6-8-16(30-2)9-7-15/h3-13,23-24H,1-2H3/b22-14-. The molecule has 0 aliphatic rings. The summed E-state index contributed by atoms with van der Waals surface area (Å²) in [7, 11) is -2.55. The Kier molecular flexibility index (Phi) is 6.46. The summed E-state index contributed by atoms with van der Waals surface area (Å²) in [6.45, 7) is 1.69. The molecule has 1 aromatic heterocycles. The summed E-state index contributed by atoms with van der Waals surface area (Å²) in [4.78, 5) is 14.7. The fourth-order valence-corrected chi connectivity index (χ4v) is 3.65. The number of nitro benzene ring substituents is 1. The lowest BCUT2D eigenvalue weighted by atomic mass is 10.2. The highest BCUT2D eigenvalue weighted by Gasteiger charge is 2.21. The van der Waals surface area contributed by atoms with E-state index in [9.17, 15) is 18.5 Å². The maximum Gasteiger partial charge on any atom is 0.295 e. The molecule has 0 amide bonds. The number of nitrogens with zero attached hydrogens (tertiary/aromatic N) is 3. The van der Waals surface area contributed by atoms with Crippen molar-refractivity contribution < 1.29 is 18.1 Å². The van der Waals surface area contributed by atoms with Gasteiger partial charge in [-0.25, -0.2) is 8.42 Å². The third-order valence-electron chi connectivity index (χ3n) is 4.20. The number of aromatic nitrogens is 1. The number of methoxy groups -OCH3 is 1. The number of rotatable bonds is 8. The van der Waals surface area contributed by atoms with Crippen LogP contribution >= 0.6 is 0 Å². The molecule has 1 heterocycles. The summed E-state index contributed by atoms with van der Waals surface area (Å²) >= 11 is 0. The first-order valence-electron chi connectivity index (χ1n) is 8.97. The van der Waals surface area contributed by atoms with Crippen molar-refractivity contribution in [3.63, 3.8) is 0 Å². The van der Waals surface area contributed by atoms with E-state index in [0.717, 1.165) is 6.07 Å². The second kappa shape index (κ2) is 9.22. The lowest BCUT2D eigenvalue weighted by molar-refractivity contribution is -0.384. The molecule has 0 aliphatic heterocycles. The second-order valence-electron chi connectivity index (χ2n) is 6.29. The molecule has 0 radical (unpaired) electrons. The average molecular weight is 441 g/mol. The Bertz CT molecular complexity index is 1210. The van der Waals surface area contributed by atoms with Crippen LogP contribution < -0.4 is 14.9 Å². The normalized spacial score (nSPS) is 11.6. The minimum atomic E-state index is -4.05. The van der Waals surface area contributed by atoms with Crippen molar-refractivity contribution >= 4 is 32.8 Å². The van der Waals surface area contributed by atoms with Gasteiger partial charge in [0.15, 0.2) is 0 Å². The average Bonchev–Trinajstić information content (AvgIpc) is 2.78. The Balaban J connectivity index is 1.86. The van der Waals surface area contributed by atoms with Crippen molar-refractivity contribution in [3.8, 4) is 5.75 Å². The van der Waals surface area contributed by atoms with Crippen molar-refractivity contribution in [1.82, 2.24) is 4.98 Å². The fraction of sp³-hybridized carbons (Fsp3) is 0.100. The van der Waals surface area contributed by atoms with Crippen LogP contribution in [0.2, 0.25) is 0 Å². The maximum absolute atomic E-state index is 12.7. The molecule has 3 rings (SSSR count). The predicted octanol–water partition coefficient (Wildman–Crippen LogP) is 3.64. The highest BCUT2D eigenvalue weighted by atomic mass is 32.2. The molecule has 31 heavy (non-hydrogen) atoms. The van der Waals surface area contributed by atoms with Crippen LogP contribution in [0.5, 0.6) is 5.75 Å². The fourth-order valence-electron chi connectivity index (χ4n) is 2.58. The van der Waals surface area contributed by atoms with E-state index in [1.165, 1.54) is 31.4 Å². The van der Waals surface area contributed by atoms with Gasteiger partial charge in [0.25, 0.3) is 15.7 Å². The highest BCUT2D eigenvalue weighted by Crippen LogP contribution is 2.29. The summed E-state index contributed by atoms with van der Waals surface area (Å²) in [5.74, 6) is 0.565. The maximum atomic E-state index is 12.7. The van der Waals surface area contributed by atoms with Gasteiger partial charge in [-0.05, 0) is 55.5 Å². The Labute approximate surface area is 178 Å². The number of hydrazone groups is 1. The zero-order valence-electron chi connectivity index (χ0n) is 16.6. The van der Waals surface area contributed by atoms with Crippen LogP contribution in [0.3, 0.4) is 0 Å². The highest BCUT2D eigenvalue weighted by molar-refractivity contribution is 7.92. The van der Waals surface area contributed by atoms with Gasteiger partial charge in [0.2, 0.25) is 0 Å². The topological polar surface area (TPSA) is 136 Å². The third-order valence-corrected chi connectivity index (χ3v) is 5.58. The largest absolute Gasteiger partial charge is 0.497 e. The molecular formula is C20H19N5O5S. The van der Waals surface area contributed by atoms with Crippen LogP contribution in [0.4, 0.5) is 17.1 Å². The van der Waals surface area contributed by atoms with Gasteiger partial charge >= 0.3 is 0 Å². The Hall–Kier alpha value is -3.99. The first-order chi connectivity index (χ1) is 14.8. The van der Waals surface area contributed by atoms with E-state index in [4.69, 9.17) is 4.74 Å². The number of benzene rings is 2. The number of nitrogens with one attached hydrogen (secondary N) is 2. The van der Waals surface area contributed by atoms with Crippen LogP contribution in [-0.2, 0) is 10.0 Å². The summed E-state index contributed by atoms with van der Waals surface area (Å²) < 4.78 is 32.8. The van der Waals surface area contributed by atoms with E-state index in [0.29, 0.717) is 22.8 Å². The zero-order valence-corrected chi connectivity index (χ0v) is 17.5. The first-order valence-corrected chi connectivity index (χ1v) is 10.5. The Morgan fingerprint density at radius 2 is 1.87 bits per heavy atom. The number of nitro groups is 1. The molecule has 0 bridgehead atoms. The van der Waals surface area contributed by atoms with E-state index < -0.39 is 20.6 Å². The van der Waals surface area contributed by atoms with Crippen LogP contribution in [-0.4, -0.2) is 31.1 Å². The first kappa shape index (κ1) is 21.7. The molecular weight excluding hydrogens is 422 g/mol. The van der Waals surface area contributed by atoms with Crippen molar-refractivity contribution in [1.29, 1.82) is 0 Å². The molecule has 2 aromatic carbocycles. The molecule has 0 aliphatic carbocycles. The molecule has 11 heteroatoms. The molecule has 0 saturated heterocycles. The van der Waals surface area contributed by atoms with Gasteiger partial charge in [-0.2, -0.15) is 5.10 Å². The minimum Gasteiger partial charge on any atom is -0.497 e. The van der Waals surface area contributed by atoms with E-state index in [1.807, 2.05) is 0 Å². The van der Waals surface area contributed by atoms with Gasteiger partial charge < -0.3 is 4.74 Å². The predicted molar refractivity (Wildman–Crippen MR) is 117 cm³/mol. The number of sulfonamides is 1. The van der Waals surface area contributed by atoms with Gasteiger partial charge in [0, 0.05) is 18.0 Å². The molecule has 160 valence electrons. The van der Waals surface area contributed by atoms with Gasteiger partial charge in [0.05, 0.1) is 28.3 Å². The molecule has 0 atom stereocenters. The summed E-state index contributed by atoms with van der Waals surface area (Å²) in [6.07, 6.45) is 1.60. The number of hydrogen-bond donors (Lipinski definition) is 2. The van der Waals surface area contributed by atoms with Gasteiger partial charge in [-0.15, -0.1) is 0 Å². The molecule has 10 nitrogen and oxygen atoms in total. The van der Waals surface area contributed by atoms with Gasteiger partial charge in [-0.1, -0.05) is 6.07 Å². The van der Waals surface area contributed by atoms with Crippen molar-refractivity contribution in [2.75, 3.05) is 17.3 Å². The number of ether oxygens (including phenoxy) is 1. The SMILES string of the molecule is COc1ccc(NS(=O)(=O)c2ccc(N/N=C(/C)c3ccccn3)c([N+](=O)[O-])c2)cc1. The monoisotopic (exact) mass is 441 g/mol. The van der Waals surface area contributed by atoms with Crippen molar-refractivity contribution in [3.05, 3.63) is 82.7 Å². The van der Waals surface area contributed by atoms with Gasteiger partial charge in [-0.3, -0.25) is 25.2 Å². The van der Waals surface area contributed by atoms with Crippen molar-refractivity contribution in [2.45, 2.75) is 11.8 Å². The van der Waals surface area contributed by atoms with E-state index in [2.05, 4.69) is 20.2 Å². The lowest BCUT2D eigenvalue weighted by Crippen LogP contribution is -2.13. The number of hydrogen-bond acceptors (Lipinski definition) is 8. The quantitative estimate of drug-likeness (QED) is 0.309. The van der Waals surface area contributed by atoms with E-state index in [-0.39, 0.29) is 10.6 Å². The Morgan fingerprint density at radius 1 is 1.13 bits per heavy atom. The van der Waals surface area contributed by atoms with Crippen molar-refractivity contribution in [2.24, 2.45) is 5.10 Å². The summed E-state index contributed by atoms with van der Waals surface area (Å²) in [6, 6.07) is 15.0.